The number of carboxylic acids is 1. The minimum atomic E-state index is -0.838. The van der Waals surface area contributed by atoms with Crippen molar-refractivity contribution in [3.63, 3.8) is 0 Å². The quantitative estimate of drug-likeness (QED) is 0.771. The Kier molecular flexibility index (Phi) is 2.22. The maximum absolute atomic E-state index is 11.4. The molecule has 0 radical (unpaired) electrons. The predicted molar refractivity (Wildman–Crippen MR) is 50.3 cm³/mol. The molecule has 1 fully saturated rings. The minimum Gasteiger partial charge on any atom is -0.481 e. The molecule has 1 heterocycles. The van der Waals surface area contributed by atoms with Crippen molar-refractivity contribution in [3.05, 3.63) is 24.2 Å². The largest absolute Gasteiger partial charge is 0.481 e. The van der Waals surface area contributed by atoms with E-state index in [2.05, 4.69) is 5.32 Å². The number of carboxylic acid groups (broad SMARTS) is 1. The van der Waals surface area contributed by atoms with Crippen molar-refractivity contribution >= 4 is 11.9 Å². The van der Waals surface area contributed by atoms with Gasteiger partial charge in [0.05, 0.1) is 17.2 Å². The molecular weight excluding hydrogens is 198 g/mol. The van der Waals surface area contributed by atoms with Crippen molar-refractivity contribution in [2.75, 3.05) is 6.54 Å². The van der Waals surface area contributed by atoms with Crippen LogP contribution in [0.1, 0.15) is 23.2 Å². The predicted octanol–water partition coefficient (Wildman–Crippen LogP) is 0.874. The summed E-state index contributed by atoms with van der Waals surface area (Å²) in [4.78, 5) is 22.3. The zero-order chi connectivity index (χ0) is 10.9. The van der Waals surface area contributed by atoms with E-state index in [1.807, 2.05) is 0 Å². The van der Waals surface area contributed by atoms with Crippen LogP contribution in [0.2, 0.25) is 0 Å². The van der Waals surface area contributed by atoms with Gasteiger partial charge in [-0.1, -0.05) is 0 Å². The van der Waals surface area contributed by atoms with Gasteiger partial charge in [-0.2, -0.15) is 0 Å². The third-order valence-electron chi connectivity index (χ3n) is 2.68. The van der Waals surface area contributed by atoms with Crippen LogP contribution in [0, 0.1) is 5.41 Å². The first-order valence-electron chi connectivity index (χ1n) is 4.68. The molecule has 0 unspecified atom stereocenters. The van der Waals surface area contributed by atoms with Crippen molar-refractivity contribution in [3.8, 4) is 0 Å². The van der Waals surface area contributed by atoms with Gasteiger partial charge in [-0.15, -0.1) is 0 Å². The van der Waals surface area contributed by atoms with Gasteiger partial charge in [-0.25, -0.2) is 0 Å². The smallest absolute Gasteiger partial charge is 0.311 e. The number of nitrogens with one attached hydrogen (secondary N) is 1. The summed E-state index contributed by atoms with van der Waals surface area (Å²) in [6.45, 7) is 0.187. The van der Waals surface area contributed by atoms with E-state index in [-0.39, 0.29) is 12.5 Å². The van der Waals surface area contributed by atoms with Gasteiger partial charge in [-0.3, -0.25) is 9.59 Å². The van der Waals surface area contributed by atoms with Crippen LogP contribution in [0.15, 0.2) is 23.0 Å². The molecule has 1 aromatic heterocycles. The van der Waals surface area contributed by atoms with Gasteiger partial charge in [-0.05, 0) is 18.9 Å². The van der Waals surface area contributed by atoms with Crippen LogP contribution in [0.25, 0.3) is 0 Å². The second kappa shape index (κ2) is 3.42. The summed E-state index contributed by atoms with van der Waals surface area (Å²) >= 11 is 0. The lowest BCUT2D eigenvalue weighted by Gasteiger charge is -2.09. The number of carbonyl (C=O) groups is 2. The monoisotopic (exact) mass is 209 g/mol. The van der Waals surface area contributed by atoms with Gasteiger partial charge in [0.25, 0.3) is 5.91 Å². The Balaban J connectivity index is 1.89. The summed E-state index contributed by atoms with van der Waals surface area (Å²) in [6, 6.07) is 1.54. The van der Waals surface area contributed by atoms with E-state index in [1.54, 1.807) is 0 Å². The molecule has 1 amide bonds. The molecule has 0 aromatic carbocycles. The molecule has 5 nitrogen and oxygen atoms in total. The summed E-state index contributed by atoms with van der Waals surface area (Å²) in [7, 11) is 0. The molecule has 1 aliphatic carbocycles. The molecule has 15 heavy (non-hydrogen) atoms. The Hall–Kier alpha value is -1.78. The van der Waals surface area contributed by atoms with Gasteiger partial charge in [0, 0.05) is 6.54 Å². The fraction of sp³-hybridized carbons (Fsp3) is 0.400. The van der Waals surface area contributed by atoms with E-state index in [4.69, 9.17) is 9.52 Å². The number of hydrogen-bond donors (Lipinski definition) is 2. The molecular formula is C10H11NO4. The van der Waals surface area contributed by atoms with E-state index < -0.39 is 11.4 Å². The van der Waals surface area contributed by atoms with Crippen molar-refractivity contribution < 1.29 is 19.1 Å². The van der Waals surface area contributed by atoms with Gasteiger partial charge in [0.15, 0.2) is 0 Å². The van der Waals surface area contributed by atoms with Crippen LogP contribution in [-0.2, 0) is 4.79 Å². The maximum Gasteiger partial charge on any atom is 0.311 e. The SMILES string of the molecule is O=C(NCC1(C(=O)O)CC1)c1ccoc1. The summed E-state index contributed by atoms with van der Waals surface area (Å²) < 4.78 is 4.75. The van der Waals surface area contributed by atoms with Crippen molar-refractivity contribution in [2.24, 2.45) is 5.41 Å². The van der Waals surface area contributed by atoms with Gasteiger partial charge >= 0.3 is 5.97 Å². The highest BCUT2D eigenvalue weighted by atomic mass is 16.4. The zero-order valence-corrected chi connectivity index (χ0v) is 8.03. The third-order valence-corrected chi connectivity index (χ3v) is 2.68. The fourth-order valence-electron chi connectivity index (χ4n) is 1.36. The summed E-state index contributed by atoms with van der Waals surface area (Å²) in [6.07, 6.45) is 4.00. The second-order valence-electron chi connectivity index (χ2n) is 3.78. The van der Waals surface area contributed by atoms with E-state index in [0.29, 0.717) is 18.4 Å². The molecule has 5 heteroatoms. The number of furan rings is 1. The lowest BCUT2D eigenvalue weighted by Crippen LogP contribution is -2.33. The normalized spacial score (nSPS) is 17.1. The maximum atomic E-state index is 11.4. The Morgan fingerprint density at radius 3 is 2.73 bits per heavy atom. The lowest BCUT2D eigenvalue weighted by molar-refractivity contribution is -0.143. The third kappa shape index (κ3) is 1.86. The number of hydrogen-bond acceptors (Lipinski definition) is 3. The van der Waals surface area contributed by atoms with Crippen molar-refractivity contribution in [2.45, 2.75) is 12.8 Å². The molecule has 2 rings (SSSR count). The Labute approximate surface area is 86.1 Å². The average molecular weight is 209 g/mol. The van der Waals surface area contributed by atoms with Gasteiger partial charge in [0.2, 0.25) is 0 Å². The van der Waals surface area contributed by atoms with E-state index in [9.17, 15) is 9.59 Å². The van der Waals surface area contributed by atoms with E-state index in [1.165, 1.54) is 18.6 Å². The van der Waals surface area contributed by atoms with Crippen LogP contribution in [-0.4, -0.2) is 23.5 Å². The number of carbonyl (C=O) groups excluding carboxylic acids is 1. The first kappa shape index (κ1) is 9.76. The van der Waals surface area contributed by atoms with Gasteiger partial charge < -0.3 is 14.8 Å². The van der Waals surface area contributed by atoms with Crippen molar-refractivity contribution in [1.82, 2.24) is 5.32 Å². The summed E-state index contributed by atoms with van der Waals surface area (Å²) in [5.74, 6) is -1.13. The highest BCUT2D eigenvalue weighted by Gasteiger charge is 2.50. The Morgan fingerprint density at radius 2 is 2.27 bits per heavy atom. The molecule has 0 atom stereocenters. The lowest BCUT2D eigenvalue weighted by atomic mass is 10.1. The topological polar surface area (TPSA) is 79.5 Å². The van der Waals surface area contributed by atoms with Crippen LogP contribution in [0.4, 0.5) is 0 Å². The molecule has 0 spiro atoms. The molecule has 0 saturated heterocycles. The highest BCUT2D eigenvalue weighted by molar-refractivity contribution is 5.94. The first-order valence-corrected chi connectivity index (χ1v) is 4.68. The second-order valence-corrected chi connectivity index (χ2v) is 3.78. The Bertz CT molecular complexity index is 378. The molecule has 2 N–H and O–H groups in total. The molecule has 1 saturated carbocycles. The zero-order valence-electron chi connectivity index (χ0n) is 8.03. The summed E-state index contributed by atoms with van der Waals surface area (Å²) in [5.41, 5.74) is -0.310. The minimum absolute atomic E-state index is 0.187. The number of aliphatic carboxylic acids is 1. The Morgan fingerprint density at radius 1 is 1.53 bits per heavy atom. The molecule has 1 aromatic rings. The molecule has 0 aliphatic heterocycles. The number of rotatable bonds is 4. The van der Waals surface area contributed by atoms with Crippen LogP contribution in [0.3, 0.4) is 0 Å². The average Bonchev–Trinajstić information content (AvgIpc) is 2.80. The van der Waals surface area contributed by atoms with E-state index >= 15 is 0 Å². The molecule has 80 valence electrons. The number of amides is 1. The molecule has 1 aliphatic rings. The van der Waals surface area contributed by atoms with E-state index in [0.717, 1.165) is 0 Å². The standard InChI is InChI=1S/C10H11NO4/c12-8(7-1-4-15-5-7)11-6-10(2-3-10)9(13)14/h1,4-5H,2-3,6H2,(H,11,12)(H,13,14). The van der Waals surface area contributed by atoms with Gasteiger partial charge in [0.1, 0.15) is 6.26 Å². The van der Waals surface area contributed by atoms with Crippen molar-refractivity contribution in [1.29, 1.82) is 0 Å². The fourth-order valence-corrected chi connectivity index (χ4v) is 1.36. The first-order chi connectivity index (χ1) is 7.14. The van der Waals surface area contributed by atoms with Crippen LogP contribution >= 0.6 is 0 Å². The highest BCUT2D eigenvalue weighted by Crippen LogP contribution is 2.45. The molecule has 0 bridgehead atoms. The van der Waals surface area contributed by atoms with Crippen LogP contribution in [0.5, 0.6) is 0 Å². The van der Waals surface area contributed by atoms with Crippen LogP contribution < -0.4 is 5.32 Å². The summed E-state index contributed by atoms with van der Waals surface area (Å²) in [5, 5.41) is 11.5.